The molecule has 1 aliphatic heterocycles. The Morgan fingerprint density at radius 1 is 1.28 bits per heavy atom. The van der Waals surface area contributed by atoms with Gasteiger partial charge < -0.3 is 20.7 Å². The first-order valence-electron chi connectivity index (χ1n) is 9.07. The predicted molar refractivity (Wildman–Crippen MR) is 106 cm³/mol. The Bertz CT molecular complexity index is 884. The molecule has 3 N–H and O–H groups in total. The molecule has 1 aliphatic rings. The van der Waals surface area contributed by atoms with E-state index in [1.165, 1.54) is 13.2 Å². The molecular weight excluding hydrogens is 407 g/mol. The van der Waals surface area contributed by atoms with Crippen LogP contribution in [0.3, 0.4) is 0 Å². The summed E-state index contributed by atoms with van der Waals surface area (Å²) in [6.07, 6.45) is -3.71. The lowest BCUT2D eigenvalue weighted by atomic mass is 10.1. The maximum atomic E-state index is 13.1. The summed E-state index contributed by atoms with van der Waals surface area (Å²) in [5, 5.41) is 9.38. The van der Waals surface area contributed by atoms with E-state index in [0.29, 0.717) is 28.6 Å². The highest BCUT2D eigenvalue weighted by Gasteiger charge is 2.32. The third-order valence-electron chi connectivity index (χ3n) is 4.68. The van der Waals surface area contributed by atoms with Crippen molar-refractivity contribution in [3.63, 3.8) is 0 Å². The Morgan fingerprint density at radius 3 is 2.69 bits per heavy atom. The molecule has 1 fully saturated rings. The van der Waals surface area contributed by atoms with Gasteiger partial charge in [-0.15, -0.1) is 0 Å². The fourth-order valence-electron chi connectivity index (χ4n) is 3.13. The number of carbonyl (C=O) groups excluding carboxylic acids is 1. The standard InChI is InChI=1S/C20H21ClF3N3O2/c1-29-18-5-2-12(8-16(18)21)10-26-19(28)15-9-13(20(22,23)24)3-4-17(15)27-14-6-7-25-11-14/h2-5,8-9,14,25,27H,6-7,10-11H2,1H3,(H,26,28). The lowest BCUT2D eigenvalue weighted by Crippen LogP contribution is -2.27. The van der Waals surface area contributed by atoms with Gasteiger partial charge in [0, 0.05) is 24.8 Å². The van der Waals surface area contributed by atoms with E-state index in [4.69, 9.17) is 16.3 Å². The van der Waals surface area contributed by atoms with Crippen molar-refractivity contribution in [1.29, 1.82) is 0 Å². The molecule has 0 aromatic heterocycles. The Hall–Kier alpha value is -2.45. The Balaban J connectivity index is 1.79. The highest BCUT2D eigenvalue weighted by atomic mass is 35.5. The van der Waals surface area contributed by atoms with Crippen LogP contribution in [0.1, 0.15) is 27.9 Å². The number of amides is 1. The van der Waals surface area contributed by atoms with E-state index >= 15 is 0 Å². The van der Waals surface area contributed by atoms with E-state index in [2.05, 4.69) is 16.0 Å². The van der Waals surface area contributed by atoms with Crippen molar-refractivity contribution in [2.45, 2.75) is 25.2 Å². The van der Waals surface area contributed by atoms with Crippen LogP contribution < -0.4 is 20.7 Å². The van der Waals surface area contributed by atoms with Crippen LogP contribution in [0.4, 0.5) is 18.9 Å². The van der Waals surface area contributed by atoms with E-state index < -0.39 is 17.6 Å². The molecule has 29 heavy (non-hydrogen) atoms. The van der Waals surface area contributed by atoms with Crippen LogP contribution in [0.25, 0.3) is 0 Å². The molecule has 1 amide bonds. The first-order valence-corrected chi connectivity index (χ1v) is 9.45. The third kappa shape index (κ3) is 5.33. The number of hydrogen-bond acceptors (Lipinski definition) is 4. The SMILES string of the molecule is COc1ccc(CNC(=O)c2cc(C(F)(F)F)ccc2NC2CCNC2)cc1Cl. The van der Waals surface area contributed by atoms with Crippen LogP contribution in [-0.2, 0) is 12.7 Å². The average Bonchev–Trinajstić information content (AvgIpc) is 3.18. The maximum absolute atomic E-state index is 13.1. The molecule has 1 unspecified atom stereocenters. The van der Waals surface area contributed by atoms with Gasteiger partial charge in [0.05, 0.1) is 23.3 Å². The van der Waals surface area contributed by atoms with Gasteiger partial charge in [-0.1, -0.05) is 17.7 Å². The topological polar surface area (TPSA) is 62.4 Å². The van der Waals surface area contributed by atoms with E-state index in [1.54, 1.807) is 18.2 Å². The van der Waals surface area contributed by atoms with Gasteiger partial charge in [0.15, 0.2) is 0 Å². The molecule has 9 heteroatoms. The monoisotopic (exact) mass is 427 g/mol. The second-order valence-corrected chi connectivity index (χ2v) is 7.15. The van der Waals surface area contributed by atoms with Crippen LogP contribution in [0.15, 0.2) is 36.4 Å². The maximum Gasteiger partial charge on any atom is 0.416 e. The minimum absolute atomic E-state index is 0.0497. The number of anilines is 1. The van der Waals surface area contributed by atoms with Crippen LogP contribution in [0, 0.1) is 0 Å². The molecule has 0 bridgehead atoms. The Labute approximate surface area is 171 Å². The summed E-state index contributed by atoms with van der Waals surface area (Å²) in [4.78, 5) is 12.7. The molecule has 0 radical (unpaired) electrons. The summed E-state index contributed by atoms with van der Waals surface area (Å²) < 4.78 is 44.5. The number of rotatable bonds is 6. The molecule has 3 rings (SSSR count). The Morgan fingerprint density at radius 2 is 2.07 bits per heavy atom. The first-order chi connectivity index (χ1) is 13.8. The molecule has 0 saturated carbocycles. The zero-order chi connectivity index (χ0) is 21.0. The van der Waals surface area contributed by atoms with E-state index in [0.717, 1.165) is 25.1 Å². The quantitative estimate of drug-likeness (QED) is 0.650. The molecule has 2 aromatic carbocycles. The van der Waals surface area contributed by atoms with Gasteiger partial charge in [-0.2, -0.15) is 13.2 Å². The van der Waals surface area contributed by atoms with E-state index in [-0.39, 0.29) is 18.2 Å². The highest BCUT2D eigenvalue weighted by molar-refractivity contribution is 6.32. The van der Waals surface area contributed by atoms with Crippen LogP contribution in [0.2, 0.25) is 5.02 Å². The number of halogens is 4. The fraction of sp³-hybridized carbons (Fsp3) is 0.350. The van der Waals surface area contributed by atoms with Crippen molar-refractivity contribution in [2.75, 3.05) is 25.5 Å². The van der Waals surface area contributed by atoms with Crippen molar-refractivity contribution >= 4 is 23.2 Å². The van der Waals surface area contributed by atoms with E-state index in [1.807, 2.05) is 0 Å². The molecule has 0 aliphatic carbocycles. The number of carbonyl (C=O) groups is 1. The minimum atomic E-state index is -4.54. The molecule has 1 heterocycles. The smallest absolute Gasteiger partial charge is 0.416 e. The second kappa shape index (κ2) is 8.92. The number of benzene rings is 2. The average molecular weight is 428 g/mol. The first kappa shape index (κ1) is 21.3. The molecular formula is C20H21ClF3N3O2. The number of hydrogen-bond donors (Lipinski definition) is 3. The number of nitrogens with one attached hydrogen (secondary N) is 3. The summed E-state index contributed by atoms with van der Waals surface area (Å²) in [5.74, 6) is -0.104. The molecule has 2 aromatic rings. The summed E-state index contributed by atoms with van der Waals surface area (Å²) in [6, 6.07) is 8.23. The lowest BCUT2D eigenvalue weighted by molar-refractivity contribution is -0.137. The lowest BCUT2D eigenvalue weighted by Gasteiger charge is -2.18. The minimum Gasteiger partial charge on any atom is -0.495 e. The van der Waals surface area contributed by atoms with Crippen LogP contribution in [0.5, 0.6) is 5.75 Å². The molecule has 1 saturated heterocycles. The Kier molecular flexibility index (Phi) is 6.54. The fourth-order valence-corrected chi connectivity index (χ4v) is 3.41. The van der Waals surface area contributed by atoms with Crippen LogP contribution >= 0.6 is 11.6 Å². The largest absolute Gasteiger partial charge is 0.495 e. The van der Waals surface area contributed by atoms with Gasteiger partial charge in [0.25, 0.3) is 5.91 Å². The number of ether oxygens (including phenoxy) is 1. The van der Waals surface area contributed by atoms with Crippen molar-refractivity contribution in [1.82, 2.24) is 10.6 Å². The zero-order valence-corrected chi connectivity index (χ0v) is 16.5. The second-order valence-electron chi connectivity index (χ2n) is 6.74. The van der Waals surface area contributed by atoms with E-state index in [9.17, 15) is 18.0 Å². The number of alkyl halides is 3. The van der Waals surface area contributed by atoms with Crippen molar-refractivity contribution in [2.24, 2.45) is 0 Å². The van der Waals surface area contributed by atoms with Gasteiger partial charge in [-0.05, 0) is 48.9 Å². The normalized spacial score (nSPS) is 16.5. The van der Waals surface area contributed by atoms with Gasteiger partial charge in [0.2, 0.25) is 0 Å². The van der Waals surface area contributed by atoms with Gasteiger partial charge >= 0.3 is 6.18 Å². The van der Waals surface area contributed by atoms with Crippen molar-refractivity contribution in [3.05, 3.63) is 58.1 Å². The molecule has 1 atom stereocenters. The number of methoxy groups -OCH3 is 1. The molecule has 156 valence electrons. The summed E-state index contributed by atoms with van der Waals surface area (Å²) in [5.41, 5.74) is 0.152. The van der Waals surface area contributed by atoms with Crippen molar-refractivity contribution < 1.29 is 22.7 Å². The third-order valence-corrected chi connectivity index (χ3v) is 4.98. The van der Waals surface area contributed by atoms with Gasteiger partial charge in [0.1, 0.15) is 5.75 Å². The predicted octanol–water partition coefficient (Wildman–Crippen LogP) is 4.07. The van der Waals surface area contributed by atoms with Gasteiger partial charge in [-0.25, -0.2) is 0 Å². The van der Waals surface area contributed by atoms with Crippen molar-refractivity contribution in [3.8, 4) is 5.75 Å². The van der Waals surface area contributed by atoms with Gasteiger partial charge in [-0.3, -0.25) is 4.79 Å². The summed E-state index contributed by atoms with van der Waals surface area (Å²) in [6.45, 7) is 1.62. The molecule has 5 nitrogen and oxygen atoms in total. The summed E-state index contributed by atoms with van der Waals surface area (Å²) >= 11 is 6.07. The zero-order valence-electron chi connectivity index (χ0n) is 15.7. The summed E-state index contributed by atoms with van der Waals surface area (Å²) in [7, 11) is 1.49. The molecule has 0 spiro atoms. The van der Waals surface area contributed by atoms with Crippen LogP contribution in [-0.4, -0.2) is 32.1 Å². The highest BCUT2D eigenvalue weighted by Crippen LogP contribution is 2.32.